The van der Waals surface area contributed by atoms with Crippen molar-refractivity contribution in [3.8, 4) is 0 Å². The zero-order valence-electron chi connectivity index (χ0n) is 18.3. The second-order valence-electron chi connectivity index (χ2n) is 9.59. The number of hydrogen-bond donors (Lipinski definition) is 0. The second kappa shape index (κ2) is 10.2. The van der Waals surface area contributed by atoms with Crippen molar-refractivity contribution in [2.75, 3.05) is 0 Å². The SMILES string of the molecule is CCCC(F)(F)C(=O)c1ccc(C2CCC([C@H]3CC[C@H](CCC)CC3)CC2)cc1. The predicted molar refractivity (Wildman–Crippen MR) is 116 cm³/mol. The highest BCUT2D eigenvalue weighted by molar-refractivity contribution is 6.01. The number of rotatable bonds is 8. The maximum atomic E-state index is 13.9. The van der Waals surface area contributed by atoms with Gasteiger partial charge in [0.25, 0.3) is 0 Å². The normalized spacial score (nSPS) is 28.3. The molecule has 0 aromatic heterocycles. The van der Waals surface area contributed by atoms with Gasteiger partial charge in [0, 0.05) is 12.0 Å². The number of ketones is 1. The Morgan fingerprint density at radius 3 is 1.93 bits per heavy atom. The molecule has 0 radical (unpaired) electrons. The lowest BCUT2D eigenvalue weighted by atomic mass is 9.68. The fraction of sp³-hybridized carbons (Fsp3) is 0.731. The highest BCUT2D eigenvalue weighted by atomic mass is 19.3. The smallest absolute Gasteiger partial charge is 0.287 e. The fourth-order valence-corrected chi connectivity index (χ4v) is 5.83. The molecule has 2 fully saturated rings. The average molecular weight is 405 g/mol. The second-order valence-corrected chi connectivity index (χ2v) is 9.59. The summed E-state index contributed by atoms with van der Waals surface area (Å²) in [6, 6.07) is 7.05. The van der Waals surface area contributed by atoms with Crippen LogP contribution in [0.5, 0.6) is 0 Å². The van der Waals surface area contributed by atoms with E-state index in [-0.39, 0.29) is 12.0 Å². The molecule has 2 aliphatic rings. The topological polar surface area (TPSA) is 17.1 Å². The molecule has 0 spiro atoms. The first-order valence-electron chi connectivity index (χ1n) is 12.0. The van der Waals surface area contributed by atoms with Crippen molar-refractivity contribution in [3.05, 3.63) is 35.4 Å². The van der Waals surface area contributed by atoms with Gasteiger partial charge in [0.2, 0.25) is 5.78 Å². The maximum absolute atomic E-state index is 13.9. The Morgan fingerprint density at radius 2 is 1.41 bits per heavy atom. The molecule has 29 heavy (non-hydrogen) atoms. The third kappa shape index (κ3) is 5.67. The Balaban J connectivity index is 1.50. The lowest BCUT2D eigenvalue weighted by molar-refractivity contribution is 0.00453. The van der Waals surface area contributed by atoms with Crippen LogP contribution in [0.3, 0.4) is 0 Å². The lowest BCUT2D eigenvalue weighted by Gasteiger charge is -2.38. The van der Waals surface area contributed by atoms with Crippen LogP contribution in [0.25, 0.3) is 0 Å². The predicted octanol–water partition coefficient (Wildman–Crippen LogP) is 8.19. The van der Waals surface area contributed by atoms with E-state index in [1.54, 1.807) is 19.1 Å². The molecule has 0 amide bonds. The van der Waals surface area contributed by atoms with E-state index in [2.05, 4.69) is 6.92 Å². The number of alkyl halides is 2. The summed E-state index contributed by atoms with van der Waals surface area (Å²) < 4.78 is 27.8. The number of carbonyl (C=O) groups is 1. The largest absolute Gasteiger partial charge is 0.309 e. The van der Waals surface area contributed by atoms with Crippen LogP contribution in [-0.4, -0.2) is 11.7 Å². The van der Waals surface area contributed by atoms with Gasteiger partial charge in [-0.2, -0.15) is 8.78 Å². The van der Waals surface area contributed by atoms with Gasteiger partial charge in [-0.25, -0.2) is 0 Å². The van der Waals surface area contributed by atoms with Gasteiger partial charge in [-0.15, -0.1) is 0 Å². The first-order valence-corrected chi connectivity index (χ1v) is 12.0. The first-order chi connectivity index (χ1) is 13.9. The summed E-state index contributed by atoms with van der Waals surface area (Å²) in [7, 11) is 0. The number of carbonyl (C=O) groups excluding carboxylic acids is 1. The molecule has 0 N–H and O–H groups in total. The van der Waals surface area contributed by atoms with Crippen LogP contribution in [0.1, 0.15) is 113 Å². The molecule has 3 rings (SSSR count). The summed E-state index contributed by atoms with van der Waals surface area (Å²) >= 11 is 0. The van der Waals surface area contributed by atoms with Crippen molar-refractivity contribution in [2.45, 2.75) is 103 Å². The summed E-state index contributed by atoms with van der Waals surface area (Å²) in [6.07, 6.45) is 13.3. The Hall–Kier alpha value is -1.25. The van der Waals surface area contributed by atoms with Gasteiger partial charge in [0.1, 0.15) is 0 Å². The summed E-state index contributed by atoms with van der Waals surface area (Å²) in [5, 5.41) is 0. The van der Waals surface area contributed by atoms with Crippen molar-refractivity contribution < 1.29 is 13.6 Å². The Labute approximate surface area is 175 Å². The third-order valence-corrected chi connectivity index (χ3v) is 7.57. The van der Waals surface area contributed by atoms with Crippen LogP contribution in [0.15, 0.2) is 24.3 Å². The van der Waals surface area contributed by atoms with Crippen molar-refractivity contribution >= 4 is 5.78 Å². The molecule has 1 aromatic carbocycles. The van der Waals surface area contributed by atoms with E-state index in [1.807, 2.05) is 12.1 Å². The average Bonchev–Trinajstić information content (AvgIpc) is 2.74. The van der Waals surface area contributed by atoms with Crippen LogP contribution >= 0.6 is 0 Å². The number of hydrogen-bond acceptors (Lipinski definition) is 1. The van der Waals surface area contributed by atoms with Gasteiger partial charge in [-0.1, -0.05) is 63.8 Å². The summed E-state index contributed by atoms with van der Waals surface area (Å²) in [5.74, 6) is -0.994. The van der Waals surface area contributed by atoms with Crippen molar-refractivity contribution in [1.82, 2.24) is 0 Å². The van der Waals surface area contributed by atoms with Crippen LogP contribution < -0.4 is 0 Å². The highest BCUT2D eigenvalue weighted by Crippen LogP contribution is 2.44. The summed E-state index contributed by atoms with van der Waals surface area (Å²) in [5.41, 5.74) is 1.36. The van der Waals surface area contributed by atoms with E-state index in [9.17, 15) is 13.6 Å². The summed E-state index contributed by atoms with van der Waals surface area (Å²) in [4.78, 5) is 12.1. The number of benzene rings is 1. The fourth-order valence-electron chi connectivity index (χ4n) is 5.83. The lowest BCUT2D eigenvalue weighted by Crippen LogP contribution is -2.28. The molecule has 2 aliphatic carbocycles. The standard InChI is InChI=1S/C26H38F2O/c1-3-5-19-6-8-20(9-7-19)21-10-12-22(13-11-21)23-14-16-24(17-15-23)25(29)26(27,28)18-4-2/h14-17,19-22H,3-13,18H2,1-2H3/t19-,20-,21?,22?. The maximum Gasteiger partial charge on any atom is 0.309 e. The van der Waals surface area contributed by atoms with Gasteiger partial charge in [0.05, 0.1) is 0 Å². The third-order valence-electron chi connectivity index (χ3n) is 7.57. The molecule has 0 atom stereocenters. The molecule has 0 saturated heterocycles. The van der Waals surface area contributed by atoms with Gasteiger partial charge < -0.3 is 0 Å². The van der Waals surface area contributed by atoms with Gasteiger partial charge in [0.15, 0.2) is 0 Å². The summed E-state index contributed by atoms with van der Waals surface area (Å²) in [6.45, 7) is 3.98. The van der Waals surface area contributed by atoms with Crippen molar-refractivity contribution in [3.63, 3.8) is 0 Å². The Kier molecular flexibility index (Phi) is 7.87. The molecule has 0 bridgehead atoms. The van der Waals surface area contributed by atoms with Gasteiger partial charge in [-0.3, -0.25) is 4.79 Å². The van der Waals surface area contributed by atoms with Crippen molar-refractivity contribution in [2.24, 2.45) is 17.8 Å². The zero-order chi connectivity index (χ0) is 20.9. The molecule has 1 aromatic rings. The molecule has 2 saturated carbocycles. The van der Waals surface area contributed by atoms with Crippen LogP contribution in [0.2, 0.25) is 0 Å². The van der Waals surface area contributed by atoms with E-state index in [4.69, 9.17) is 0 Å². The van der Waals surface area contributed by atoms with Crippen LogP contribution in [0.4, 0.5) is 8.78 Å². The number of Topliss-reactive ketones (excluding diaryl/α,β-unsaturated/α-hetero) is 1. The van der Waals surface area contributed by atoms with E-state index in [0.29, 0.717) is 12.3 Å². The van der Waals surface area contributed by atoms with E-state index in [1.165, 1.54) is 69.8 Å². The van der Waals surface area contributed by atoms with Gasteiger partial charge >= 0.3 is 5.92 Å². The Bertz CT molecular complexity index is 635. The molecule has 0 heterocycles. The minimum absolute atomic E-state index is 0.143. The number of halogens is 2. The van der Waals surface area contributed by atoms with E-state index >= 15 is 0 Å². The van der Waals surface area contributed by atoms with Gasteiger partial charge in [-0.05, 0) is 74.2 Å². The molecule has 0 unspecified atom stereocenters. The molecule has 1 nitrogen and oxygen atoms in total. The quantitative estimate of drug-likeness (QED) is 0.399. The highest BCUT2D eigenvalue weighted by Gasteiger charge is 2.38. The van der Waals surface area contributed by atoms with Crippen LogP contribution in [-0.2, 0) is 0 Å². The van der Waals surface area contributed by atoms with E-state index < -0.39 is 11.7 Å². The molecular formula is C26H38F2O. The van der Waals surface area contributed by atoms with E-state index in [0.717, 1.165) is 17.8 Å². The minimum Gasteiger partial charge on any atom is -0.287 e. The first kappa shape index (κ1) is 22.4. The molecule has 3 heteroatoms. The monoisotopic (exact) mass is 404 g/mol. The molecule has 162 valence electrons. The Morgan fingerprint density at radius 1 is 0.862 bits per heavy atom. The van der Waals surface area contributed by atoms with Crippen LogP contribution in [0, 0.1) is 17.8 Å². The molecule has 0 aliphatic heterocycles. The van der Waals surface area contributed by atoms with Crippen molar-refractivity contribution in [1.29, 1.82) is 0 Å². The minimum atomic E-state index is -3.25. The zero-order valence-corrected chi connectivity index (χ0v) is 18.3. The molecular weight excluding hydrogens is 366 g/mol.